The van der Waals surface area contributed by atoms with Crippen LogP contribution in [0.2, 0.25) is 0 Å². The fourth-order valence-corrected chi connectivity index (χ4v) is 3.03. The molecule has 1 amide bonds. The monoisotopic (exact) mass is 442 g/mol. The van der Waals surface area contributed by atoms with E-state index < -0.39 is 23.6 Å². The zero-order valence-corrected chi connectivity index (χ0v) is 17.0. The summed E-state index contributed by atoms with van der Waals surface area (Å²) in [6.07, 6.45) is -3.59. The zero-order valence-electron chi connectivity index (χ0n) is 16.1. The van der Waals surface area contributed by atoms with Gasteiger partial charge in [-0.2, -0.15) is 13.2 Å². The normalized spacial score (nSPS) is 12.2. The predicted molar refractivity (Wildman–Crippen MR) is 112 cm³/mol. The van der Waals surface area contributed by atoms with Crippen LogP contribution in [-0.4, -0.2) is 17.6 Å². The van der Waals surface area contributed by atoms with Gasteiger partial charge in [-0.1, -0.05) is 12.1 Å². The van der Waals surface area contributed by atoms with Crippen LogP contribution in [0.25, 0.3) is 0 Å². The Bertz CT molecular complexity index is 905. The molecule has 0 aliphatic rings. The Morgan fingerprint density at radius 3 is 2.60 bits per heavy atom. The molecule has 0 saturated carbocycles. The molecule has 30 heavy (non-hydrogen) atoms. The molecule has 0 bridgehead atoms. The minimum atomic E-state index is -4.48. The number of anilines is 2. The number of rotatable bonds is 7. The quantitative estimate of drug-likeness (QED) is 0.222. The predicted octanol–water partition coefficient (Wildman–Crippen LogP) is 4.37. The van der Waals surface area contributed by atoms with Crippen LogP contribution in [0.5, 0.6) is 0 Å². The van der Waals surface area contributed by atoms with E-state index in [0.29, 0.717) is 24.9 Å². The van der Waals surface area contributed by atoms with E-state index in [1.54, 1.807) is 6.07 Å². The van der Waals surface area contributed by atoms with Gasteiger partial charge in [-0.25, -0.2) is 4.39 Å². The van der Waals surface area contributed by atoms with Crippen LogP contribution in [0, 0.1) is 5.82 Å². The number of nitrogen functional groups attached to an aromatic ring is 1. The third-order valence-corrected chi connectivity index (χ3v) is 4.45. The molecule has 1 atom stereocenters. The third kappa shape index (κ3) is 7.18. The Kier molecular flexibility index (Phi) is 7.99. The molecule has 0 aromatic heterocycles. The van der Waals surface area contributed by atoms with Crippen molar-refractivity contribution in [3.63, 3.8) is 0 Å². The highest BCUT2D eigenvalue weighted by atomic mass is 32.1. The molecular formula is C20H22F4N4OS. The molecule has 0 aliphatic carbocycles. The van der Waals surface area contributed by atoms with Gasteiger partial charge in [0.15, 0.2) is 5.11 Å². The molecule has 0 saturated heterocycles. The number of thiocarbonyl (C=S) groups is 1. The van der Waals surface area contributed by atoms with Crippen LogP contribution < -0.4 is 21.7 Å². The average molecular weight is 442 g/mol. The van der Waals surface area contributed by atoms with Crippen LogP contribution in [0.15, 0.2) is 42.5 Å². The molecule has 0 heterocycles. The summed E-state index contributed by atoms with van der Waals surface area (Å²) >= 11 is 5.25. The van der Waals surface area contributed by atoms with Crippen LogP contribution >= 0.6 is 12.2 Å². The SMILES string of the molecule is CC(=O)NCCCC(NC(=S)Nc1cc(F)ccc1N)c1cccc(C(F)(F)F)c1. The van der Waals surface area contributed by atoms with Crippen molar-refractivity contribution in [1.82, 2.24) is 10.6 Å². The van der Waals surface area contributed by atoms with E-state index in [1.165, 1.54) is 31.2 Å². The molecule has 2 aromatic carbocycles. The highest BCUT2D eigenvalue weighted by Crippen LogP contribution is 2.31. The highest BCUT2D eigenvalue weighted by Gasteiger charge is 2.31. The minimum Gasteiger partial charge on any atom is -0.397 e. The lowest BCUT2D eigenvalue weighted by Gasteiger charge is -2.23. The minimum absolute atomic E-state index is 0.0780. The Labute approximate surface area is 177 Å². The number of hydrogen-bond acceptors (Lipinski definition) is 3. The summed E-state index contributed by atoms with van der Waals surface area (Å²) in [4.78, 5) is 11.0. The van der Waals surface area contributed by atoms with E-state index in [9.17, 15) is 22.4 Å². The van der Waals surface area contributed by atoms with Crippen molar-refractivity contribution in [2.24, 2.45) is 0 Å². The van der Waals surface area contributed by atoms with Gasteiger partial charge in [0.25, 0.3) is 0 Å². The van der Waals surface area contributed by atoms with Crippen LogP contribution in [0.3, 0.4) is 0 Å². The average Bonchev–Trinajstić information content (AvgIpc) is 2.66. The molecule has 5 N–H and O–H groups in total. The second-order valence-electron chi connectivity index (χ2n) is 6.63. The number of hydrogen-bond donors (Lipinski definition) is 4. The number of nitrogens with one attached hydrogen (secondary N) is 3. The number of benzene rings is 2. The molecule has 10 heteroatoms. The molecule has 0 spiro atoms. The summed E-state index contributed by atoms with van der Waals surface area (Å²) < 4.78 is 52.8. The van der Waals surface area contributed by atoms with E-state index >= 15 is 0 Å². The maximum Gasteiger partial charge on any atom is 0.416 e. The maximum atomic E-state index is 13.5. The van der Waals surface area contributed by atoms with Gasteiger partial charge in [0.2, 0.25) is 5.91 Å². The van der Waals surface area contributed by atoms with Crippen molar-refractivity contribution in [2.75, 3.05) is 17.6 Å². The number of carbonyl (C=O) groups is 1. The zero-order chi connectivity index (χ0) is 22.3. The topological polar surface area (TPSA) is 79.2 Å². The van der Waals surface area contributed by atoms with Gasteiger partial charge in [-0.3, -0.25) is 4.79 Å². The van der Waals surface area contributed by atoms with Crippen molar-refractivity contribution in [3.8, 4) is 0 Å². The van der Waals surface area contributed by atoms with Crippen LogP contribution in [0.4, 0.5) is 28.9 Å². The van der Waals surface area contributed by atoms with Gasteiger partial charge in [0.1, 0.15) is 5.82 Å². The first kappa shape index (κ1) is 23.4. The van der Waals surface area contributed by atoms with Crippen molar-refractivity contribution in [3.05, 3.63) is 59.4 Å². The smallest absolute Gasteiger partial charge is 0.397 e. The van der Waals surface area contributed by atoms with Gasteiger partial charge >= 0.3 is 6.18 Å². The molecule has 1 unspecified atom stereocenters. The lowest BCUT2D eigenvalue weighted by atomic mass is 9.99. The maximum absolute atomic E-state index is 13.5. The first-order valence-electron chi connectivity index (χ1n) is 9.10. The van der Waals surface area contributed by atoms with Gasteiger partial charge in [0, 0.05) is 13.5 Å². The molecular weight excluding hydrogens is 420 g/mol. The molecule has 162 valence electrons. The lowest BCUT2D eigenvalue weighted by molar-refractivity contribution is -0.137. The fourth-order valence-electron chi connectivity index (χ4n) is 2.78. The number of alkyl halides is 3. The Morgan fingerprint density at radius 2 is 1.93 bits per heavy atom. The summed E-state index contributed by atoms with van der Waals surface area (Å²) in [7, 11) is 0. The van der Waals surface area contributed by atoms with Crippen LogP contribution in [-0.2, 0) is 11.0 Å². The highest BCUT2D eigenvalue weighted by molar-refractivity contribution is 7.80. The number of halogens is 4. The second kappa shape index (κ2) is 10.2. The molecule has 0 aliphatic heterocycles. The lowest BCUT2D eigenvalue weighted by Crippen LogP contribution is -2.33. The fraction of sp³-hybridized carbons (Fsp3) is 0.300. The number of carbonyl (C=O) groups excluding carboxylic acids is 1. The van der Waals surface area contributed by atoms with E-state index in [1.807, 2.05) is 0 Å². The summed E-state index contributed by atoms with van der Waals surface area (Å²) in [5.74, 6) is -0.711. The van der Waals surface area contributed by atoms with Crippen molar-refractivity contribution < 1.29 is 22.4 Å². The molecule has 0 fully saturated rings. The Balaban J connectivity index is 2.17. The van der Waals surface area contributed by atoms with Crippen molar-refractivity contribution >= 4 is 34.6 Å². The first-order chi connectivity index (χ1) is 14.1. The van der Waals surface area contributed by atoms with Crippen LogP contribution in [0.1, 0.15) is 36.9 Å². The van der Waals surface area contributed by atoms with E-state index in [-0.39, 0.29) is 22.4 Å². The molecule has 2 rings (SSSR count). The van der Waals surface area contributed by atoms with E-state index in [0.717, 1.165) is 12.1 Å². The first-order valence-corrected chi connectivity index (χ1v) is 9.51. The number of amides is 1. The standard InChI is InChI=1S/C20H22F4N4OS/c1-12(29)26-9-3-6-17(13-4-2-5-14(10-13)20(22,23)24)27-19(30)28-18-11-15(21)7-8-16(18)25/h2,4-5,7-8,10-11,17H,3,6,9,25H2,1H3,(H,26,29)(H2,27,28,30). The van der Waals surface area contributed by atoms with E-state index in [2.05, 4.69) is 16.0 Å². The second-order valence-corrected chi connectivity index (χ2v) is 7.04. The van der Waals surface area contributed by atoms with Gasteiger partial charge in [0.05, 0.1) is 23.0 Å². The summed E-state index contributed by atoms with van der Waals surface area (Å²) in [6.45, 7) is 1.74. The summed E-state index contributed by atoms with van der Waals surface area (Å²) in [5, 5.41) is 8.45. The van der Waals surface area contributed by atoms with E-state index in [4.69, 9.17) is 18.0 Å². The molecule has 5 nitrogen and oxygen atoms in total. The summed E-state index contributed by atoms with van der Waals surface area (Å²) in [6, 6.07) is 8.08. The third-order valence-electron chi connectivity index (χ3n) is 4.23. The molecule has 2 aromatic rings. The largest absolute Gasteiger partial charge is 0.416 e. The Hall–Kier alpha value is -2.88. The van der Waals surface area contributed by atoms with Crippen molar-refractivity contribution in [2.45, 2.75) is 32.0 Å². The van der Waals surface area contributed by atoms with Crippen molar-refractivity contribution in [1.29, 1.82) is 0 Å². The van der Waals surface area contributed by atoms with Gasteiger partial charge in [-0.05, 0) is 61.0 Å². The number of nitrogens with two attached hydrogens (primary N) is 1. The Morgan fingerprint density at radius 1 is 1.20 bits per heavy atom. The molecule has 0 radical (unpaired) electrons. The van der Waals surface area contributed by atoms with Gasteiger partial charge in [-0.15, -0.1) is 0 Å². The van der Waals surface area contributed by atoms with Gasteiger partial charge < -0.3 is 21.7 Å². The summed E-state index contributed by atoms with van der Waals surface area (Å²) in [5.41, 5.74) is 5.90.